The van der Waals surface area contributed by atoms with Crippen LogP contribution in [-0.4, -0.2) is 89.8 Å². The topological polar surface area (TPSA) is 95.4 Å². The summed E-state index contributed by atoms with van der Waals surface area (Å²) in [7, 11) is 1.60. The summed E-state index contributed by atoms with van der Waals surface area (Å²) < 4.78 is 52.3. The van der Waals surface area contributed by atoms with Gasteiger partial charge in [0.1, 0.15) is 23.2 Å². The molecule has 2 aliphatic rings. The number of morpholine rings is 1. The molecule has 12 heteroatoms. The number of pyridine rings is 1. The van der Waals surface area contributed by atoms with Gasteiger partial charge in [-0.3, -0.25) is 14.7 Å². The number of piperidine rings is 1. The Morgan fingerprint density at radius 3 is 2.47 bits per heavy atom. The van der Waals surface area contributed by atoms with Gasteiger partial charge in [-0.2, -0.15) is 0 Å². The fourth-order valence-corrected chi connectivity index (χ4v) is 7.45. The molecular formula is C33H40F3N3O5S. The molecule has 3 heterocycles. The van der Waals surface area contributed by atoms with E-state index in [0.29, 0.717) is 88.7 Å². The molecule has 3 aromatic rings. The number of methoxy groups -OCH3 is 1. The van der Waals surface area contributed by atoms with Crippen LogP contribution in [0.15, 0.2) is 41.4 Å². The number of fused-ring (bicyclic) bond motifs is 1. The van der Waals surface area contributed by atoms with E-state index < -0.39 is 34.9 Å². The van der Waals surface area contributed by atoms with Crippen molar-refractivity contribution in [1.29, 1.82) is 0 Å². The molecule has 2 aliphatic heterocycles. The predicted octanol–water partition coefficient (Wildman–Crippen LogP) is 5.66. The number of aliphatic hydroxyl groups excluding tert-OH is 1. The predicted molar refractivity (Wildman–Crippen MR) is 166 cm³/mol. The molecule has 244 valence electrons. The zero-order chi connectivity index (χ0) is 32.0. The fraction of sp³-hybridized carbons (Fsp3) is 0.515. The second-order valence-electron chi connectivity index (χ2n) is 12.0. The first-order valence-corrected chi connectivity index (χ1v) is 16.3. The van der Waals surface area contributed by atoms with E-state index >= 15 is 0 Å². The van der Waals surface area contributed by atoms with E-state index in [0.717, 1.165) is 46.9 Å². The van der Waals surface area contributed by atoms with E-state index in [9.17, 15) is 28.2 Å². The van der Waals surface area contributed by atoms with Crippen molar-refractivity contribution in [2.24, 2.45) is 5.41 Å². The molecule has 0 radical (unpaired) electrons. The zero-order valence-corrected chi connectivity index (χ0v) is 26.3. The number of benzene rings is 2. The first-order chi connectivity index (χ1) is 21.7. The number of carboxylic acid groups (broad SMARTS) is 1. The van der Waals surface area contributed by atoms with Gasteiger partial charge < -0.3 is 24.6 Å². The van der Waals surface area contributed by atoms with Crippen molar-refractivity contribution >= 4 is 28.6 Å². The average Bonchev–Trinajstić information content (AvgIpc) is 3.02. The van der Waals surface area contributed by atoms with Crippen LogP contribution in [-0.2, 0) is 16.1 Å². The van der Waals surface area contributed by atoms with Gasteiger partial charge in [-0.15, -0.1) is 11.8 Å². The molecule has 5 rings (SSSR count). The maximum atomic E-state index is 14.0. The molecule has 1 unspecified atom stereocenters. The molecular weight excluding hydrogens is 607 g/mol. The molecule has 8 nitrogen and oxygen atoms in total. The number of thioether (sulfide) groups is 1. The Morgan fingerprint density at radius 1 is 1.09 bits per heavy atom. The van der Waals surface area contributed by atoms with Gasteiger partial charge >= 0.3 is 5.97 Å². The van der Waals surface area contributed by atoms with Crippen LogP contribution in [0.3, 0.4) is 0 Å². The number of hydrogen-bond donors (Lipinski definition) is 2. The Hall–Kier alpha value is -2.90. The Labute approximate surface area is 265 Å². The highest BCUT2D eigenvalue weighted by molar-refractivity contribution is 7.99. The van der Waals surface area contributed by atoms with E-state index in [1.165, 1.54) is 0 Å². The fourth-order valence-electron chi connectivity index (χ4n) is 6.50. The minimum atomic E-state index is -0.949. The van der Waals surface area contributed by atoms with Gasteiger partial charge in [0, 0.05) is 55.6 Å². The minimum absolute atomic E-state index is 0.000136. The number of halogens is 3. The molecule has 1 aromatic heterocycles. The van der Waals surface area contributed by atoms with Crippen LogP contribution < -0.4 is 4.74 Å². The Kier molecular flexibility index (Phi) is 11.2. The van der Waals surface area contributed by atoms with Crippen LogP contribution in [0.25, 0.3) is 10.9 Å². The van der Waals surface area contributed by atoms with Crippen LogP contribution in [0.2, 0.25) is 0 Å². The third-order valence-corrected chi connectivity index (χ3v) is 10.1. The minimum Gasteiger partial charge on any atom is -0.497 e. The molecule has 0 spiro atoms. The summed E-state index contributed by atoms with van der Waals surface area (Å²) in [4.78, 5) is 20.9. The molecule has 0 bridgehead atoms. The summed E-state index contributed by atoms with van der Waals surface area (Å²) in [6.45, 7) is 5.33. The molecule has 0 amide bonds. The highest BCUT2D eigenvalue weighted by atomic mass is 32.2. The summed E-state index contributed by atoms with van der Waals surface area (Å²) in [5, 5.41) is 22.4. The second kappa shape index (κ2) is 15.1. The maximum absolute atomic E-state index is 14.0. The van der Waals surface area contributed by atoms with E-state index in [-0.39, 0.29) is 11.3 Å². The lowest BCUT2D eigenvalue weighted by Crippen LogP contribution is -2.42. The third kappa shape index (κ3) is 8.48. The number of rotatable bonds is 13. The maximum Gasteiger partial charge on any atom is 0.303 e. The average molecular weight is 648 g/mol. The molecule has 1 atom stereocenters. The highest BCUT2D eigenvalue weighted by Gasteiger charge is 2.37. The number of carboxylic acids is 1. The molecule has 2 N–H and O–H groups in total. The van der Waals surface area contributed by atoms with E-state index in [4.69, 9.17) is 9.47 Å². The highest BCUT2D eigenvalue weighted by Crippen LogP contribution is 2.43. The zero-order valence-electron chi connectivity index (χ0n) is 25.4. The molecule has 45 heavy (non-hydrogen) atoms. The third-order valence-electron chi connectivity index (χ3n) is 9.04. The normalized spacial score (nSPS) is 18.2. The van der Waals surface area contributed by atoms with Crippen LogP contribution in [0, 0.1) is 22.9 Å². The van der Waals surface area contributed by atoms with Gasteiger partial charge in [-0.05, 0) is 73.5 Å². The Morgan fingerprint density at radius 2 is 1.80 bits per heavy atom. The van der Waals surface area contributed by atoms with Crippen molar-refractivity contribution in [1.82, 2.24) is 14.8 Å². The largest absolute Gasteiger partial charge is 0.497 e. The number of aliphatic carboxylic acids is 1. The number of aliphatic hydroxyl groups is 1. The van der Waals surface area contributed by atoms with Crippen molar-refractivity contribution in [2.45, 2.75) is 49.6 Å². The molecule has 2 saturated heterocycles. The van der Waals surface area contributed by atoms with Crippen molar-refractivity contribution in [3.8, 4) is 5.75 Å². The van der Waals surface area contributed by atoms with Crippen LogP contribution in [0.1, 0.15) is 49.3 Å². The summed E-state index contributed by atoms with van der Waals surface area (Å²) in [5.41, 5.74) is 1.99. The van der Waals surface area contributed by atoms with E-state index in [1.807, 2.05) is 24.4 Å². The Balaban J connectivity index is 1.27. The SMILES string of the molecule is COc1ccc2ncc(CN3CCOCC3)c(C(O)CCC3(CC(=O)O)CCN(CCSc4c(F)cc(F)cc4F)CC3)c2c1. The standard InChI is InChI=1S/C33H40F3N3O5S/c1-43-24-2-3-28-25(18-24)31(22(20-37-28)21-39-10-13-44-14-11-39)29(40)4-5-33(19-30(41)42)6-8-38(9-7-33)12-15-45-32-26(35)16-23(34)17-27(32)36/h2-3,16-18,20,29,40H,4-15,19,21H2,1H3,(H,41,42). The van der Waals surface area contributed by atoms with Gasteiger partial charge in [0.25, 0.3) is 0 Å². The number of likely N-dealkylation sites (tertiary alicyclic amines) is 1. The lowest BCUT2D eigenvalue weighted by atomic mass is 9.71. The molecule has 0 saturated carbocycles. The van der Waals surface area contributed by atoms with Gasteiger partial charge in [-0.25, -0.2) is 13.2 Å². The van der Waals surface area contributed by atoms with Crippen LogP contribution >= 0.6 is 11.8 Å². The first-order valence-electron chi connectivity index (χ1n) is 15.3. The quantitative estimate of drug-likeness (QED) is 0.228. The van der Waals surface area contributed by atoms with Crippen LogP contribution in [0.5, 0.6) is 5.75 Å². The molecule has 0 aliphatic carbocycles. The Bertz CT molecular complexity index is 1460. The van der Waals surface area contributed by atoms with Gasteiger partial charge in [-0.1, -0.05) is 0 Å². The summed E-state index contributed by atoms with van der Waals surface area (Å²) >= 11 is 1.01. The van der Waals surface area contributed by atoms with Gasteiger partial charge in [0.05, 0.1) is 43.3 Å². The van der Waals surface area contributed by atoms with Crippen LogP contribution in [0.4, 0.5) is 13.2 Å². The van der Waals surface area contributed by atoms with Gasteiger partial charge in [0.2, 0.25) is 0 Å². The molecule has 2 aromatic carbocycles. The monoisotopic (exact) mass is 647 g/mol. The second-order valence-corrected chi connectivity index (χ2v) is 13.1. The molecule has 2 fully saturated rings. The number of carbonyl (C=O) groups is 1. The van der Waals surface area contributed by atoms with Crippen molar-refractivity contribution in [3.63, 3.8) is 0 Å². The number of nitrogens with zero attached hydrogens (tertiary/aromatic N) is 3. The smallest absolute Gasteiger partial charge is 0.303 e. The lowest BCUT2D eigenvalue weighted by Gasteiger charge is -2.41. The first kappa shape index (κ1) is 33.5. The van der Waals surface area contributed by atoms with Gasteiger partial charge in [0.15, 0.2) is 0 Å². The summed E-state index contributed by atoms with van der Waals surface area (Å²) in [6.07, 6.45) is 3.16. The lowest BCUT2D eigenvalue weighted by molar-refractivity contribution is -0.141. The van der Waals surface area contributed by atoms with E-state index in [2.05, 4.69) is 14.8 Å². The van der Waals surface area contributed by atoms with E-state index in [1.54, 1.807) is 7.11 Å². The number of aromatic nitrogens is 1. The van der Waals surface area contributed by atoms with Crippen molar-refractivity contribution in [3.05, 3.63) is 65.1 Å². The van der Waals surface area contributed by atoms with Crippen molar-refractivity contribution in [2.75, 3.05) is 58.8 Å². The number of hydrogen-bond acceptors (Lipinski definition) is 8. The number of ether oxygens (including phenoxy) is 2. The summed E-state index contributed by atoms with van der Waals surface area (Å²) in [5.74, 6) is -2.57. The summed E-state index contributed by atoms with van der Waals surface area (Å²) in [6, 6.07) is 6.97. The van der Waals surface area contributed by atoms with Crippen molar-refractivity contribution < 1.29 is 37.7 Å².